The normalized spacial score (nSPS) is 19.0. The first kappa shape index (κ1) is 21.0. The quantitative estimate of drug-likeness (QED) is 0.617. The molecule has 0 aliphatic carbocycles. The summed E-state index contributed by atoms with van der Waals surface area (Å²) in [7, 11) is 0. The van der Waals surface area contributed by atoms with Crippen LogP contribution < -0.4 is 0 Å². The number of aliphatic carboxylic acids is 1. The predicted molar refractivity (Wildman–Crippen MR) is 104 cm³/mol. The molecule has 1 aliphatic rings. The topological polar surface area (TPSA) is 40.5 Å². The molecular formula is C20H19ClF3NO2S. The molecule has 1 saturated heterocycles. The van der Waals surface area contributed by atoms with E-state index >= 15 is 0 Å². The second kappa shape index (κ2) is 8.35. The van der Waals surface area contributed by atoms with Crippen molar-refractivity contribution >= 4 is 29.3 Å². The Balaban J connectivity index is 2.15. The molecule has 1 fully saturated rings. The third kappa shape index (κ3) is 4.31. The van der Waals surface area contributed by atoms with Gasteiger partial charge < -0.3 is 5.11 Å². The van der Waals surface area contributed by atoms with Crippen LogP contribution in [-0.4, -0.2) is 34.8 Å². The van der Waals surface area contributed by atoms with E-state index in [1.807, 2.05) is 30.5 Å². The van der Waals surface area contributed by atoms with Gasteiger partial charge in [0.25, 0.3) is 0 Å². The smallest absolute Gasteiger partial charge is 0.416 e. The zero-order chi connectivity index (χ0) is 20.5. The summed E-state index contributed by atoms with van der Waals surface area (Å²) in [5, 5.41) is 9.79. The Hall–Kier alpha value is -1.70. The third-order valence-corrected chi connectivity index (χ3v) is 6.05. The van der Waals surface area contributed by atoms with Gasteiger partial charge in [0.15, 0.2) is 0 Å². The van der Waals surface area contributed by atoms with Crippen molar-refractivity contribution in [1.29, 1.82) is 0 Å². The zero-order valence-electron chi connectivity index (χ0n) is 15.0. The lowest BCUT2D eigenvalue weighted by Crippen LogP contribution is -2.39. The van der Waals surface area contributed by atoms with Crippen LogP contribution >= 0.6 is 23.4 Å². The van der Waals surface area contributed by atoms with E-state index in [0.29, 0.717) is 24.9 Å². The molecule has 0 amide bonds. The molecule has 0 spiro atoms. The number of rotatable bonds is 5. The molecule has 3 nitrogen and oxygen atoms in total. The Morgan fingerprint density at radius 2 is 1.93 bits per heavy atom. The first-order valence-corrected chi connectivity index (χ1v) is 10.3. The maximum Gasteiger partial charge on any atom is 0.416 e. The fourth-order valence-corrected chi connectivity index (χ4v) is 4.26. The molecule has 0 saturated carbocycles. The second-order valence-electron chi connectivity index (χ2n) is 6.64. The number of halogens is 4. The lowest BCUT2D eigenvalue weighted by Gasteiger charge is -2.33. The number of thioether (sulfide) groups is 1. The molecule has 2 unspecified atom stereocenters. The molecule has 0 aromatic heterocycles. The number of alkyl halides is 3. The van der Waals surface area contributed by atoms with Crippen LogP contribution in [0.3, 0.4) is 0 Å². The van der Waals surface area contributed by atoms with Gasteiger partial charge in [-0.3, -0.25) is 9.69 Å². The van der Waals surface area contributed by atoms with Crippen molar-refractivity contribution in [3.8, 4) is 0 Å². The molecule has 0 bridgehead atoms. The van der Waals surface area contributed by atoms with Crippen molar-refractivity contribution in [3.05, 3.63) is 64.2 Å². The van der Waals surface area contributed by atoms with E-state index in [2.05, 4.69) is 0 Å². The Bertz CT molecular complexity index is 858. The van der Waals surface area contributed by atoms with Crippen molar-refractivity contribution in [2.75, 3.05) is 12.8 Å². The Kier molecular flexibility index (Phi) is 6.27. The first-order chi connectivity index (χ1) is 13.2. The molecule has 1 heterocycles. The summed E-state index contributed by atoms with van der Waals surface area (Å²) in [6, 6.07) is 9.17. The lowest BCUT2D eigenvalue weighted by molar-refractivity contribution is -0.143. The van der Waals surface area contributed by atoms with Crippen LogP contribution in [0.15, 0.2) is 47.4 Å². The monoisotopic (exact) mass is 429 g/mol. The highest BCUT2D eigenvalue weighted by Gasteiger charge is 2.39. The number of benzene rings is 2. The lowest BCUT2D eigenvalue weighted by atomic mass is 9.94. The van der Waals surface area contributed by atoms with E-state index in [9.17, 15) is 23.1 Å². The minimum atomic E-state index is -4.51. The molecule has 2 atom stereocenters. The van der Waals surface area contributed by atoms with Gasteiger partial charge in [0, 0.05) is 16.5 Å². The minimum Gasteiger partial charge on any atom is -0.480 e. The predicted octanol–water partition coefficient (Wildman–Crippen LogP) is 5.72. The highest BCUT2D eigenvalue weighted by atomic mass is 35.5. The van der Waals surface area contributed by atoms with Gasteiger partial charge >= 0.3 is 12.1 Å². The Morgan fingerprint density at radius 1 is 1.25 bits per heavy atom. The fourth-order valence-electron chi connectivity index (χ4n) is 3.63. The molecule has 2 aromatic rings. The number of carbonyl (C=O) groups is 1. The summed E-state index contributed by atoms with van der Waals surface area (Å²) in [5.74, 6) is -0.980. The number of hydrogen-bond acceptors (Lipinski definition) is 3. The highest BCUT2D eigenvalue weighted by Crippen LogP contribution is 2.41. The van der Waals surface area contributed by atoms with E-state index in [1.54, 1.807) is 16.7 Å². The average molecular weight is 430 g/mol. The minimum absolute atomic E-state index is 0.183. The van der Waals surface area contributed by atoms with Crippen LogP contribution in [0.5, 0.6) is 0 Å². The van der Waals surface area contributed by atoms with E-state index < -0.39 is 29.8 Å². The number of carboxylic acids is 1. The summed E-state index contributed by atoms with van der Waals surface area (Å²) < 4.78 is 39.9. The van der Waals surface area contributed by atoms with E-state index in [-0.39, 0.29) is 10.6 Å². The van der Waals surface area contributed by atoms with Crippen LogP contribution in [0.4, 0.5) is 13.2 Å². The first-order valence-electron chi connectivity index (χ1n) is 8.71. The summed E-state index contributed by atoms with van der Waals surface area (Å²) in [6.45, 7) is 0.471. The van der Waals surface area contributed by atoms with Crippen molar-refractivity contribution in [1.82, 2.24) is 4.90 Å². The molecule has 2 aromatic carbocycles. The largest absolute Gasteiger partial charge is 0.480 e. The number of carboxylic acid groups (broad SMARTS) is 1. The van der Waals surface area contributed by atoms with Crippen LogP contribution in [-0.2, 0) is 11.0 Å². The van der Waals surface area contributed by atoms with E-state index in [1.165, 1.54) is 6.07 Å². The molecule has 0 radical (unpaired) electrons. The Labute approximate surface area is 170 Å². The van der Waals surface area contributed by atoms with Gasteiger partial charge in [-0.15, -0.1) is 11.8 Å². The van der Waals surface area contributed by atoms with Gasteiger partial charge in [-0.25, -0.2) is 0 Å². The summed E-state index contributed by atoms with van der Waals surface area (Å²) >= 11 is 7.86. The van der Waals surface area contributed by atoms with Gasteiger partial charge in [-0.1, -0.05) is 23.7 Å². The van der Waals surface area contributed by atoms with Gasteiger partial charge in [0.05, 0.1) is 11.6 Å². The standard InChI is InChI=1S/C20H19ClF3NO2S/c1-28-14-7-4-12(5-8-14)18(25-10-2-3-17(25)19(26)27)15-11-13(20(22,23)24)6-9-16(15)21/h4-9,11,17-18H,2-3,10H2,1H3,(H,26,27). The van der Waals surface area contributed by atoms with Gasteiger partial charge in [-0.05, 0) is 60.6 Å². The SMILES string of the molecule is CSc1ccc(C(c2cc(C(F)(F)F)ccc2Cl)N2CCCC2C(=O)O)cc1. The molecule has 8 heteroatoms. The highest BCUT2D eigenvalue weighted by molar-refractivity contribution is 7.98. The molecule has 1 aliphatic heterocycles. The van der Waals surface area contributed by atoms with Gasteiger partial charge in [-0.2, -0.15) is 13.2 Å². The third-order valence-electron chi connectivity index (χ3n) is 4.96. The average Bonchev–Trinajstić information content (AvgIpc) is 3.13. The summed E-state index contributed by atoms with van der Waals surface area (Å²) in [4.78, 5) is 14.5. The van der Waals surface area contributed by atoms with E-state index in [0.717, 1.165) is 17.0 Å². The van der Waals surface area contributed by atoms with Crippen LogP contribution in [0.1, 0.15) is 35.6 Å². The number of likely N-dealkylation sites (tertiary alicyclic amines) is 1. The van der Waals surface area contributed by atoms with Gasteiger partial charge in [0.1, 0.15) is 6.04 Å². The zero-order valence-corrected chi connectivity index (χ0v) is 16.6. The van der Waals surface area contributed by atoms with Crippen molar-refractivity contribution in [3.63, 3.8) is 0 Å². The van der Waals surface area contributed by atoms with Crippen molar-refractivity contribution in [2.24, 2.45) is 0 Å². The van der Waals surface area contributed by atoms with Crippen LogP contribution in [0, 0.1) is 0 Å². The number of nitrogens with zero attached hydrogens (tertiary/aromatic N) is 1. The van der Waals surface area contributed by atoms with Crippen LogP contribution in [0.25, 0.3) is 0 Å². The number of hydrogen-bond donors (Lipinski definition) is 1. The summed E-state index contributed by atoms with van der Waals surface area (Å²) in [5.41, 5.74) is 0.178. The summed E-state index contributed by atoms with van der Waals surface area (Å²) in [6.07, 6.45) is -1.47. The molecular weight excluding hydrogens is 411 g/mol. The Morgan fingerprint density at radius 3 is 2.50 bits per heavy atom. The maximum atomic E-state index is 13.3. The second-order valence-corrected chi connectivity index (χ2v) is 7.93. The van der Waals surface area contributed by atoms with Crippen molar-refractivity contribution < 1.29 is 23.1 Å². The van der Waals surface area contributed by atoms with Gasteiger partial charge in [0.2, 0.25) is 0 Å². The van der Waals surface area contributed by atoms with Crippen molar-refractivity contribution in [2.45, 2.75) is 36.0 Å². The molecule has 28 heavy (non-hydrogen) atoms. The van der Waals surface area contributed by atoms with E-state index in [4.69, 9.17) is 11.6 Å². The molecule has 3 rings (SSSR count). The molecule has 1 N–H and O–H groups in total. The fraction of sp³-hybridized carbons (Fsp3) is 0.350. The maximum absolute atomic E-state index is 13.3. The molecule has 150 valence electrons. The van der Waals surface area contributed by atoms with Crippen LogP contribution in [0.2, 0.25) is 5.02 Å².